The number of amides is 1. The Kier molecular flexibility index (Phi) is 4.80. The van der Waals surface area contributed by atoms with Gasteiger partial charge < -0.3 is 10.1 Å². The molecule has 0 radical (unpaired) electrons. The first-order valence-corrected chi connectivity index (χ1v) is 8.07. The molecule has 0 aliphatic heterocycles. The minimum Gasteiger partial charge on any atom is -0.481 e. The average molecular weight is 332 g/mol. The van der Waals surface area contributed by atoms with Gasteiger partial charge >= 0.3 is 0 Å². The van der Waals surface area contributed by atoms with Gasteiger partial charge in [0.1, 0.15) is 0 Å². The van der Waals surface area contributed by atoms with Crippen molar-refractivity contribution in [2.45, 2.75) is 12.5 Å². The van der Waals surface area contributed by atoms with Crippen LogP contribution in [-0.4, -0.2) is 18.0 Å². The summed E-state index contributed by atoms with van der Waals surface area (Å²) in [6.45, 7) is 2.01. The van der Waals surface area contributed by atoms with E-state index in [1.807, 2.05) is 67.6 Å². The van der Waals surface area contributed by atoms with E-state index in [9.17, 15) is 4.79 Å². The zero-order valence-corrected chi connectivity index (χ0v) is 14.3. The minimum atomic E-state index is -0.653. The van der Waals surface area contributed by atoms with Crippen LogP contribution in [-0.2, 0) is 5.54 Å². The second kappa shape index (κ2) is 7.18. The summed E-state index contributed by atoms with van der Waals surface area (Å²) >= 11 is 0. The Bertz CT molecular complexity index is 791. The molecule has 4 nitrogen and oxygen atoms in total. The molecule has 0 unspecified atom stereocenters. The molecule has 1 heterocycles. The molecule has 0 saturated heterocycles. The van der Waals surface area contributed by atoms with Crippen molar-refractivity contribution < 1.29 is 9.53 Å². The van der Waals surface area contributed by atoms with Crippen LogP contribution >= 0.6 is 0 Å². The molecule has 3 aromatic rings. The summed E-state index contributed by atoms with van der Waals surface area (Å²) in [6.07, 6.45) is 1.52. The van der Waals surface area contributed by atoms with E-state index in [1.165, 1.54) is 6.20 Å². The maximum Gasteiger partial charge on any atom is 0.253 e. The number of carbonyl (C=O) groups excluding carboxylic acids is 1. The number of ether oxygens (including phenoxy) is 1. The minimum absolute atomic E-state index is 0.189. The summed E-state index contributed by atoms with van der Waals surface area (Å²) in [4.78, 5) is 16.9. The van der Waals surface area contributed by atoms with Crippen molar-refractivity contribution in [3.8, 4) is 5.88 Å². The molecule has 1 N–H and O–H groups in total. The van der Waals surface area contributed by atoms with E-state index in [0.717, 1.165) is 11.1 Å². The van der Waals surface area contributed by atoms with Gasteiger partial charge in [-0.05, 0) is 24.1 Å². The SMILES string of the molecule is COc1ccc(C(=O)NC(C)(c2ccccc2)c2ccccc2)cn1. The first-order chi connectivity index (χ1) is 12.1. The van der Waals surface area contributed by atoms with Gasteiger partial charge in [-0.3, -0.25) is 4.79 Å². The molecule has 0 fully saturated rings. The Morgan fingerprint density at radius 2 is 1.48 bits per heavy atom. The Balaban J connectivity index is 1.96. The van der Waals surface area contributed by atoms with E-state index in [0.29, 0.717) is 11.4 Å². The van der Waals surface area contributed by atoms with Crippen LogP contribution in [0, 0.1) is 0 Å². The highest BCUT2D eigenvalue weighted by atomic mass is 16.5. The summed E-state index contributed by atoms with van der Waals surface area (Å²) < 4.78 is 5.05. The topological polar surface area (TPSA) is 51.2 Å². The summed E-state index contributed by atoms with van der Waals surface area (Å²) in [7, 11) is 1.55. The third kappa shape index (κ3) is 3.53. The van der Waals surface area contributed by atoms with Crippen molar-refractivity contribution in [3.05, 3.63) is 95.7 Å². The van der Waals surface area contributed by atoms with Crippen molar-refractivity contribution in [3.63, 3.8) is 0 Å². The number of methoxy groups -OCH3 is 1. The highest BCUT2D eigenvalue weighted by molar-refractivity contribution is 5.94. The number of pyridine rings is 1. The molecule has 126 valence electrons. The molecule has 2 aromatic carbocycles. The third-order valence-electron chi connectivity index (χ3n) is 4.27. The van der Waals surface area contributed by atoms with Gasteiger partial charge in [-0.15, -0.1) is 0 Å². The van der Waals surface area contributed by atoms with Crippen molar-refractivity contribution in [1.29, 1.82) is 0 Å². The molecule has 0 bridgehead atoms. The lowest BCUT2D eigenvalue weighted by Crippen LogP contribution is -2.44. The van der Waals surface area contributed by atoms with Gasteiger partial charge in [0.05, 0.1) is 18.2 Å². The van der Waals surface area contributed by atoms with Crippen LogP contribution in [0.3, 0.4) is 0 Å². The molecule has 3 rings (SSSR count). The number of aromatic nitrogens is 1. The molecular weight excluding hydrogens is 312 g/mol. The molecule has 1 amide bonds. The zero-order valence-electron chi connectivity index (χ0n) is 14.3. The van der Waals surface area contributed by atoms with Crippen LogP contribution < -0.4 is 10.1 Å². The number of hydrogen-bond acceptors (Lipinski definition) is 3. The first-order valence-electron chi connectivity index (χ1n) is 8.07. The number of benzene rings is 2. The lowest BCUT2D eigenvalue weighted by atomic mass is 9.84. The summed E-state index contributed by atoms with van der Waals surface area (Å²) in [5, 5.41) is 3.16. The molecule has 0 atom stereocenters. The van der Waals surface area contributed by atoms with Gasteiger partial charge in [-0.1, -0.05) is 60.7 Å². The van der Waals surface area contributed by atoms with Crippen LogP contribution in [0.4, 0.5) is 0 Å². The highest BCUT2D eigenvalue weighted by Crippen LogP contribution is 2.29. The lowest BCUT2D eigenvalue weighted by Gasteiger charge is -2.32. The Morgan fingerprint density at radius 3 is 1.92 bits per heavy atom. The Labute approximate surface area is 147 Å². The van der Waals surface area contributed by atoms with Crippen molar-refractivity contribution in [1.82, 2.24) is 10.3 Å². The predicted molar refractivity (Wildman–Crippen MR) is 97.6 cm³/mol. The normalized spacial score (nSPS) is 11.0. The lowest BCUT2D eigenvalue weighted by molar-refractivity contribution is 0.0918. The first kappa shape index (κ1) is 16.7. The fourth-order valence-corrected chi connectivity index (χ4v) is 2.79. The van der Waals surface area contributed by atoms with Crippen molar-refractivity contribution >= 4 is 5.91 Å². The molecule has 0 spiro atoms. The average Bonchev–Trinajstić information content (AvgIpc) is 2.69. The summed E-state index contributed by atoms with van der Waals surface area (Å²) in [5.41, 5.74) is 1.85. The van der Waals surface area contributed by atoms with Crippen LogP contribution in [0.5, 0.6) is 5.88 Å². The van der Waals surface area contributed by atoms with E-state index in [-0.39, 0.29) is 5.91 Å². The summed E-state index contributed by atoms with van der Waals surface area (Å²) in [6, 6.07) is 23.2. The van der Waals surface area contributed by atoms with Gasteiger partial charge in [0.2, 0.25) is 5.88 Å². The number of nitrogens with zero attached hydrogens (tertiary/aromatic N) is 1. The quantitative estimate of drug-likeness (QED) is 0.773. The molecular formula is C21H20N2O2. The number of carbonyl (C=O) groups is 1. The molecule has 0 saturated carbocycles. The molecule has 1 aromatic heterocycles. The van der Waals surface area contributed by atoms with Gasteiger partial charge in [-0.25, -0.2) is 4.98 Å². The van der Waals surface area contributed by atoms with Gasteiger partial charge in [0.25, 0.3) is 5.91 Å². The van der Waals surface area contributed by atoms with Crippen molar-refractivity contribution in [2.75, 3.05) is 7.11 Å². The van der Waals surface area contributed by atoms with Gasteiger partial charge in [-0.2, -0.15) is 0 Å². The second-order valence-corrected chi connectivity index (χ2v) is 5.90. The highest BCUT2D eigenvalue weighted by Gasteiger charge is 2.30. The van der Waals surface area contributed by atoms with E-state index in [2.05, 4.69) is 10.3 Å². The maximum atomic E-state index is 12.8. The van der Waals surface area contributed by atoms with Gasteiger partial charge in [0.15, 0.2) is 0 Å². The predicted octanol–water partition coefficient (Wildman–Crippen LogP) is 3.78. The Morgan fingerprint density at radius 1 is 0.920 bits per heavy atom. The van der Waals surface area contributed by atoms with Crippen LogP contribution in [0.15, 0.2) is 79.0 Å². The number of nitrogens with one attached hydrogen (secondary N) is 1. The fourth-order valence-electron chi connectivity index (χ4n) is 2.79. The van der Waals surface area contributed by atoms with E-state index in [1.54, 1.807) is 19.2 Å². The molecule has 0 aliphatic carbocycles. The zero-order chi connectivity index (χ0) is 17.7. The van der Waals surface area contributed by atoms with E-state index >= 15 is 0 Å². The third-order valence-corrected chi connectivity index (χ3v) is 4.27. The van der Waals surface area contributed by atoms with E-state index < -0.39 is 5.54 Å². The van der Waals surface area contributed by atoms with Crippen molar-refractivity contribution in [2.24, 2.45) is 0 Å². The standard InChI is InChI=1S/C21H20N2O2/c1-21(17-9-5-3-6-10-17,18-11-7-4-8-12-18)23-20(24)16-13-14-19(25-2)22-15-16/h3-15H,1-2H3,(H,23,24). The van der Waals surface area contributed by atoms with Crippen LogP contribution in [0.1, 0.15) is 28.4 Å². The van der Waals surface area contributed by atoms with Gasteiger partial charge in [0, 0.05) is 12.3 Å². The Hall–Kier alpha value is -3.14. The maximum absolute atomic E-state index is 12.8. The number of hydrogen-bond donors (Lipinski definition) is 1. The molecule has 0 aliphatic rings. The molecule has 4 heteroatoms. The smallest absolute Gasteiger partial charge is 0.253 e. The summed E-state index contributed by atoms with van der Waals surface area (Å²) in [5.74, 6) is 0.288. The number of rotatable bonds is 5. The van der Waals surface area contributed by atoms with Crippen LogP contribution in [0.25, 0.3) is 0 Å². The fraction of sp³-hybridized carbons (Fsp3) is 0.143. The largest absolute Gasteiger partial charge is 0.481 e. The second-order valence-electron chi connectivity index (χ2n) is 5.90. The van der Waals surface area contributed by atoms with Crippen LogP contribution in [0.2, 0.25) is 0 Å². The molecule has 25 heavy (non-hydrogen) atoms. The monoisotopic (exact) mass is 332 g/mol. The van der Waals surface area contributed by atoms with E-state index in [4.69, 9.17) is 4.74 Å².